The largest absolute Gasteiger partial charge is 0.491 e. The van der Waals surface area contributed by atoms with Gasteiger partial charge in [0, 0.05) is 11.8 Å². The Morgan fingerprint density at radius 3 is 2.29 bits per heavy atom. The van der Waals surface area contributed by atoms with E-state index in [1.165, 1.54) is 18.2 Å². The molecule has 0 saturated heterocycles. The number of carboxylic acid groups (broad SMARTS) is 1. The van der Waals surface area contributed by atoms with Gasteiger partial charge in [0.1, 0.15) is 5.75 Å². The van der Waals surface area contributed by atoms with Crippen LogP contribution in [0, 0.1) is 6.92 Å². The van der Waals surface area contributed by atoms with Crippen LogP contribution in [-0.4, -0.2) is 36.4 Å². The number of anilines is 3. The number of rotatable bonds is 6. The number of carboxylic acids is 1. The summed E-state index contributed by atoms with van der Waals surface area (Å²) < 4.78 is 34.7. The number of benzene rings is 2. The first kappa shape index (κ1) is 23.3. The van der Waals surface area contributed by atoms with E-state index in [4.69, 9.17) is 43.2 Å². The Kier molecular flexibility index (Phi) is 8.35. The Hall–Kier alpha value is -2.69. The van der Waals surface area contributed by atoms with E-state index in [0.29, 0.717) is 22.1 Å². The summed E-state index contributed by atoms with van der Waals surface area (Å²) in [6.07, 6.45) is 0.187. The van der Waals surface area contributed by atoms with Crippen molar-refractivity contribution in [2.24, 2.45) is 0 Å². The van der Waals surface area contributed by atoms with Gasteiger partial charge in [0.05, 0.1) is 34.3 Å². The van der Waals surface area contributed by atoms with E-state index in [9.17, 15) is 13.2 Å². The highest BCUT2D eigenvalue weighted by atomic mass is 35.5. The van der Waals surface area contributed by atoms with Crippen LogP contribution in [-0.2, 0) is 10.1 Å². The number of ether oxygens (including phenoxy) is 1. The number of carbonyl (C=O) groups is 1. The van der Waals surface area contributed by atoms with Gasteiger partial charge in [-0.2, -0.15) is 8.42 Å². The fraction of sp³-hybridized carbons (Fsp3) is 0.235. The molecular formula is C17H22ClN3O6S. The number of aryl methyl sites for hydroxylation is 1. The maximum atomic E-state index is 10.5. The Labute approximate surface area is 167 Å². The van der Waals surface area contributed by atoms with Gasteiger partial charge < -0.3 is 27.0 Å². The number of nitrogens with two attached hydrogens (primary N) is 3. The number of hydrogen-bond donors (Lipinski definition) is 5. The van der Waals surface area contributed by atoms with Gasteiger partial charge in [-0.25, -0.2) is 4.79 Å². The van der Waals surface area contributed by atoms with Crippen molar-refractivity contribution in [2.75, 3.05) is 29.6 Å². The molecule has 0 aromatic heterocycles. The first-order chi connectivity index (χ1) is 12.9. The van der Waals surface area contributed by atoms with Gasteiger partial charge in [0.25, 0.3) is 10.1 Å². The lowest BCUT2D eigenvalue weighted by Gasteiger charge is -2.10. The molecule has 8 N–H and O–H groups in total. The van der Waals surface area contributed by atoms with Crippen LogP contribution < -0.4 is 21.9 Å². The molecule has 11 heteroatoms. The lowest BCUT2D eigenvalue weighted by Crippen LogP contribution is -2.09. The highest BCUT2D eigenvalue weighted by molar-refractivity contribution is 7.85. The molecule has 28 heavy (non-hydrogen) atoms. The van der Waals surface area contributed by atoms with Gasteiger partial charge >= 0.3 is 5.97 Å². The third-order valence-electron chi connectivity index (χ3n) is 3.45. The summed E-state index contributed by atoms with van der Waals surface area (Å²) in [4.78, 5) is 10.4. The maximum Gasteiger partial charge on any atom is 0.335 e. The quantitative estimate of drug-likeness (QED) is 0.260. The predicted molar refractivity (Wildman–Crippen MR) is 109 cm³/mol. The average Bonchev–Trinajstić information content (AvgIpc) is 2.58. The third kappa shape index (κ3) is 7.91. The molecular weight excluding hydrogens is 410 g/mol. The van der Waals surface area contributed by atoms with Gasteiger partial charge in [-0.15, -0.1) is 0 Å². The van der Waals surface area contributed by atoms with E-state index in [0.717, 1.165) is 5.56 Å². The molecule has 2 aromatic carbocycles. The van der Waals surface area contributed by atoms with Crippen LogP contribution in [0.15, 0.2) is 30.3 Å². The zero-order valence-corrected chi connectivity index (χ0v) is 16.6. The Bertz CT molecular complexity index is 950. The lowest BCUT2D eigenvalue weighted by molar-refractivity contribution is 0.0697. The van der Waals surface area contributed by atoms with Crippen LogP contribution in [0.4, 0.5) is 17.1 Å². The van der Waals surface area contributed by atoms with E-state index in [2.05, 4.69) is 0 Å². The number of aromatic carboxylic acids is 1. The normalized spacial score (nSPS) is 10.7. The van der Waals surface area contributed by atoms with Gasteiger partial charge in [-0.1, -0.05) is 11.6 Å². The molecule has 154 valence electrons. The molecule has 0 radical (unpaired) electrons. The van der Waals surface area contributed by atoms with Crippen molar-refractivity contribution in [1.29, 1.82) is 0 Å². The molecule has 2 rings (SSSR count). The fourth-order valence-electron chi connectivity index (χ4n) is 1.95. The summed E-state index contributed by atoms with van der Waals surface area (Å²) in [5.74, 6) is -0.925. The first-order valence-corrected chi connectivity index (χ1v) is 9.91. The molecule has 2 aromatic rings. The molecule has 0 spiro atoms. The summed E-state index contributed by atoms with van der Waals surface area (Å²) in [7, 11) is -3.94. The summed E-state index contributed by atoms with van der Waals surface area (Å²) in [5.41, 5.74) is 19.1. The minimum Gasteiger partial charge on any atom is -0.491 e. The fourth-order valence-corrected chi connectivity index (χ4v) is 2.55. The molecule has 0 aliphatic rings. The van der Waals surface area contributed by atoms with E-state index in [1.54, 1.807) is 12.1 Å². The van der Waals surface area contributed by atoms with Crippen molar-refractivity contribution >= 4 is 44.8 Å². The highest BCUT2D eigenvalue weighted by Gasteiger charge is 2.07. The molecule has 0 atom stereocenters. The van der Waals surface area contributed by atoms with Crippen LogP contribution >= 0.6 is 11.6 Å². The van der Waals surface area contributed by atoms with Gasteiger partial charge in [-0.05, 0) is 43.2 Å². The van der Waals surface area contributed by atoms with E-state index in [1.807, 2.05) is 6.92 Å². The standard InChI is InChI=1S/C10H16N2O4S.C7H6ClNO2/c1-7-5-9(12)10(6-8(7)11)16-3-2-4-17(13,14)15;8-5-2-1-4(7(10)11)3-6(5)9/h5-6H,2-4,11-12H2,1H3,(H,13,14,15);1-3H,9H2,(H,10,11). The third-order valence-corrected chi connectivity index (χ3v) is 4.59. The second-order valence-corrected chi connectivity index (χ2v) is 7.76. The van der Waals surface area contributed by atoms with Crippen molar-refractivity contribution in [2.45, 2.75) is 13.3 Å². The molecule has 0 bridgehead atoms. The van der Waals surface area contributed by atoms with E-state index in [-0.39, 0.29) is 30.0 Å². The minimum absolute atomic E-state index is 0.145. The van der Waals surface area contributed by atoms with Crippen molar-refractivity contribution < 1.29 is 27.6 Å². The van der Waals surface area contributed by atoms with Gasteiger partial charge in [0.2, 0.25) is 0 Å². The lowest BCUT2D eigenvalue weighted by atomic mass is 10.1. The summed E-state index contributed by atoms with van der Waals surface area (Å²) in [5, 5.41) is 8.87. The number of hydrogen-bond acceptors (Lipinski definition) is 7. The van der Waals surface area contributed by atoms with Crippen molar-refractivity contribution in [3.63, 3.8) is 0 Å². The Morgan fingerprint density at radius 1 is 1.11 bits per heavy atom. The first-order valence-electron chi connectivity index (χ1n) is 7.92. The molecule has 9 nitrogen and oxygen atoms in total. The zero-order valence-electron chi connectivity index (χ0n) is 15.1. The average molecular weight is 432 g/mol. The summed E-state index contributed by atoms with van der Waals surface area (Å²) in [6, 6.07) is 7.47. The molecule has 0 aliphatic heterocycles. The second-order valence-electron chi connectivity index (χ2n) is 5.78. The number of halogens is 1. The molecule has 0 unspecified atom stereocenters. The molecule has 0 fully saturated rings. The molecule has 0 amide bonds. The second kappa shape index (κ2) is 10.0. The minimum atomic E-state index is -3.94. The van der Waals surface area contributed by atoms with Crippen molar-refractivity contribution in [3.05, 3.63) is 46.5 Å². The number of nitrogen functional groups attached to an aromatic ring is 3. The Morgan fingerprint density at radius 2 is 1.75 bits per heavy atom. The van der Waals surface area contributed by atoms with Crippen LogP contribution in [0.5, 0.6) is 5.75 Å². The highest BCUT2D eigenvalue weighted by Crippen LogP contribution is 2.27. The van der Waals surface area contributed by atoms with E-state index >= 15 is 0 Å². The Balaban J connectivity index is 0.000000307. The van der Waals surface area contributed by atoms with Gasteiger partial charge in [-0.3, -0.25) is 4.55 Å². The summed E-state index contributed by atoms with van der Waals surface area (Å²) >= 11 is 5.57. The van der Waals surface area contributed by atoms with E-state index < -0.39 is 16.1 Å². The smallest absolute Gasteiger partial charge is 0.335 e. The van der Waals surface area contributed by atoms with Crippen LogP contribution in [0.1, 0.15) is 22.3 Å². The van der Waals surface area contributed by atoms with Crippen LogP contribution in [0.3, 0.4) is 0 Å². The maximum absolute atomic E-state index is 10.5. The molecule has 0 aliphatic carbocycles. The van der Waals surface area contributed by atoms with Crippen LogP contribution in [0.2, 0.25) is 5.02 Å². The topological polar surface area (TPSA) is 179 Å². The van der Waals surface area contributed by atoms with Crippen molar-refractivity contribution in [3.8, 4) is 5.75 Å². The molecule has 0 saturated carbocycles. The zero-order chi connectivity index (χ0) is 21.5. The SMILES string of the molecule is Cc1cc(N)c(OCCCS(=O)(=O)O)cc1N.Nc1cc(C(=O)O)ccc1Cl. The molecule has 0 heterocycles. The summed E-state index contributed by atoms with van der Waals surface area (Å²) in [6.45, 7) is 1.97. The van der Waals surface area contributed by atoms with Crippen LogP contribution in [0.25, 0.3) is 0 Å². The monoisotopic (exact) mass is 431 g/mol. The predicted octanol–water partition coefficient (Wildman–Crippen LogP) is 2.44. The van der Waals surface area contributed by atoms with Gasteiger partial charge in [0.15, 0.2) is 0 Å². The van der Waals surface area contributed by atoms with Crippen molar-refractivity contribution in [1.82, 2.24) is 0 Å².